The molecule has 0 saturated heterocycles. The highest BCUT2D eigenvalue weighted by Gasteiger charge is 2.04. The second-order valence-electron chi connectivity index (χ2n) is 5.15. The van der Waals surface area contributed by atoms with Gasteiger partial charge in [0.05, 0.1) is 20.3 Å². The molecular formula is C19H22O5. The highest BCUT2D eigenvalue weighted by Crippen LogP contribution is 2.27. The molecule has 2 aromatic rings. The Morgan fingerprint density at radius 1 is 0.875 bits per heavy atom. The minimum Gasteiger partial charge on any atom is -0.493 e. The lowest BCUT2D eigenvalue weighted by atomic mass is 10.2. The summed E-state index contributed by atoms with van der Waals surface area (Å²) in [7, 11) is 1.62. The van der Waals surface area contributed by atoms with Gasteiger partial charge in [0, 0.05) is 5.56 Å². The van der Waals surface area contributed by atoms with E-state index < -0.39 is 0 Å². The molecule has 0 aliphatic heterocycles. The SMILES string of the molecule is COc1cc(C)ccc1OCCOCCOc1ccc(C=O)cc1. The predicted molar refractivity (Wildman–Crippen MR) is 91.4 cm³/mol. The van der Waals surface area contributed by atoms with Gasteiger partial charge in [-0.05, 0) is 48.9 Å². The number of methoxy groups -OCH3 is 1. The summed E-state index contributed by atoms with van der Waals surface area (Å²) in [6.07, 6.45) is 0.802. The molecule has 0 unspecified atom stereocenters. The first-order valence-electron chi connectivity index (χ1n) is 7.76. The predicted octanol–water partition coefficient (Wildman–Crippen LogP) is 3.29. The van der Waals surface area contributed by atoms with Gasteiger partial charge in [0.15, 0.2) is 11.5 Å². The molecule has 0 radical (unpaired) electrons. The summed E-state index contributed by atoms with van der Waals surface area (Å²) in [6, 6.07) is 12.7. The van der Waals surface area contributed by atoms with Crippen molar-refractivity contribution < 1.29 is 23.7 Å². The van der Waals surface area contributed by atoms with Crippen LogP contribution in [0.4, 0.5) is 0 Å². The summed E-state index contributed by atoms with van der Waals surface area (Å²) >= 11 is 0. The van der Waals surface area contributed by atoms with Crippen molar-refractivity contribution in [3.63, 3.8) is 0 Å². The summed E-state index contributed by atoms with van der Waals surface area (Å²) in [5.41, 5.74) is 1.75. The van der Waals surface area contributed by atoms with Crippen molar-refractivity contribution in [2.75, 3.05) is 33.5 Å². The van der Waals surface area contributed by atoms with Crippen molar-refractivity contribution in [2.24, 2.45) is 0 Å². The van der Waals surface area contributed by atoms with Crippen LogP contribution in [0.2, 0.25) is 0 Å². The summed E-state index contributed by atoms with van der Waals surface area (Å²) in [5, 5.41) is 0. The number of carbonyl (C=O) groups is 1. The van der Waals surface area contributed by atoms with Crippen molar-refractivity contribution in [3.8, 4) is 17.2 Å². The van der Waals surface area contributed by atoms with Crippen LogP contribution in [0.1, 0.15) is 15.9 Å². The Kier molecular flexibility index (Phi) is 7.11. The van der Waals surface area contributed by atoms with Crippen LogP contribution in [0.5, 0.6) is 17.2 Å². The van der Waals surface area contributed by atoms with Gasteiger partial charge in [-0.1, -0.05) is 6.07 Å². The van der Waals surface area contributed by atoms with E-state index in [-0.39, 0.29) is 0 Å². The maximum Gasteiger partial charge on any atom is 0.161 e. The van der Waals surface area contributed by atoms with Crippen LogP contribution in [0.25, 0.3) is 0 Å². The first kappa shape index (κ1) is 17.8. The van der Waals surface area contributed by atoms with Crippen LogP contribution >= 0.6 is 0 Å². The highest BCUT2D eigenvalue weighted by atomic mass is 16.6. The minimum absolute atomic E-state index is 0.438. The first-order valence-corrected chi connectivity index (χ1v) is 7.76. The van der Waals surface area contributed by atoms with E-state index in [4.69, 9.17) is 18.9 Å². The third-order valence-electron chi connectivity index (χ3n) is 3.32. The zero-order valence-electron chi connectivity index (χ0n) is 14.0. The van der Waals surface area contributed by atoms with E-state index in [2.05, 4.69) is 0 Å². The van der Waals surface area contributed by atoms with E-state index >= 15 is 0 Å². The van der Waals surface area contributed by atoms with Gasteiger partial charge in [-0.3, -0.25) is 4.79 Å². The summed E-state index contributed by atoms with van der Waals surface area (Å²) in [5.74, 6) is 2.14. The topological polar surface area (TPSA) is 54.0 Å². The number of ether oxygens (including phenoxy) is 4. The van der Waals surface area contributed by atoms with Crippen molar-refractivity contribution in [1.82, 2.24) is 0 Å². The molecule has 0 heterocycles. The molecule has 128 valence electrons. The fourth-order valence-corrected chi connectivity index (χ4v) is 2.07. The number of rotatable bonds is 10. The summed E-state index contributed by atoms with van der Waals surface area (Å²) in [4.78, 5) is 10.6. The minimum atomic E-state index is 0.438. The molecule has 2 aromatic carbocycles. The molecule has 0 aliphatic rings. The first-order chi connectivity index (χ1) is 11.7. The quantitative estimate of drug-likeness (QED) is 0.494. The van der Waals surface area contributed by atoms with Crippen molar-refractivity contribution in [2.45, 2.75) is 6.92 Å². The van der Waals surface area contributed by atoms with Crippen molar-refractivity contribution >= 4 is 6.29 Å². The van der Waals surface area contributed by atoms with Crippen LogP contribution in [0.3, 0.4) is 0 Å². The van der Waals surface area contributed by atoms with E-state index in [9.17, 15) is 4.79 Å². The zero-order valence-corrected chi connectivity index (χ0v) is 14.0. The number of aldehydes is 1. The number of hydrogen-bond donors (Lipinski definition) is 0. The standard InChI is InChI=1S/C19H22O5/c1-15-3-8-18(19(13-15)21-2)24-12-10-22-9-11-23-17-6-4-16(14-20)5-7-17/h3-8,13-14H,9-12H2,1-2H3. The van der Waals surface area contributed by atoms with Gasteiger partial charge in [-0.25, -0.2) is 0 Å². The van der Waals surface area contributed by atoms with Gasteiger partial charge in [0.25, 0.3) is 0 Å². The fourth-order valence-electron chi connectivity index (χ4n) is 2.07. The van der Waals surface area contributed by atoms with E-state index in [1.165, 1.54) is 0 Å². The Morgan fingerprint density at radius 2 is 1.58 bits per heavy atom. The Morgan fingerprint density at radius 3 is 2.25 bits per heavy atom. The second-order valence-corrected chi connectivity index (χ2v) is 5.15. The Labute approximate surface area is 142 Å². The van der Waals surface area contributed by atoms with Crippen LogP contribution in [0, 0.1) is 6.92 Å². The maximum atomic E-state index is 10.6. The Hall–Kier alpha value is -2.53. The monoisotopic (exact) mass is 330 g/mol. The van der Waals surface area contributed by atoms with E-state index in [0.29, 0.717) is 43.5 Å². The molecule has 24 heavy (non-hydrogen) atoms. The Bertz CT molecular complexity index is 637. The molecule has 2 rings (SSSR count). The molecular weight excluding hydrogens is 308 g/mol. The molecule has 0 spiro atoms. The van der Waals surface area contributed by atoms with Gasteiger partial charge in [0.2, 0.25) is 0 Å². The molecule has 5 heteroatoms. The Balaban J connectivity index is 1.60. The van der Waals surface area contributed by atoms with Gasteiger partial charge in [-0.15, -0.1) is 0 Å². The van der Waals surface area contributed by atoms with Gasteiger partial charge >= 0.3 is 0 Å². The number of benzene rings is 2. The lowest BCUT2D eigenvalue weighted by Crippen LogP contribution is -2.12. The molecule has 0 bridgehead atoms. The third kappa shape index (κ3) is 5.59. The third-order valence-corrected chi connectivity index (χ3v) is 3.32. The molecule has 0 aromatic heterocycles. The number of aryl methyl sites for hydroxylation is 1. The van der Waals surface area contributed by atoms with Crippen LogP contribution in [0.15, 0.2) is 42.5 Å². The summed E-state index contributed by atoms with van der Waals surface area (Å²) < 4.78 is 21.9. The summed E-state index contributed by atoms with van der Waals surface area (Å²) in [6.45, 7) is 3.80. The fraction of sp³-hybridized carbons (Fsp3) is 0.316. The average molecular weight is 330 g/mol. The second kappa shape index (κ2) is 9.57. The molecule has 5 nitrogen and oxygen atoms in total. The molecule has 0 fully saturated rings. The van der Waals surface area contributed by atoms with Crippen LogP contribution in [-0.2, 0) is 4.74 Å². The molecule has 0 N–H and O–H groups in total. The lowest BCUT2D eigenvalue weighted by molar-refractivity contribution is 0.0757. The largest absolute Gasteiger partial charge is 0.493 e. The molecule has 0 amide bonds. The number of hydrogen-bond acceptors (Lipinski definition) is 5. The van der Waals surface area contributed by atoms with Gasteiger partial charge in [0.1, 0.15) is 25.2 Å². The highest BCUT2D eigenvalue weighted by molar-refractivity contribution is 5.74. The van der Waals surface area contributed by atoms with E-state index in [0.717, 1.165) is 17.6 Å². The van der Waals surface area contributed by atoms with Crippen LogP contribution < -0.4 is 14.2 Å². The smallest absolute Gasteiger partial charge is 0.161 e. The normalized spacial score (nSPS) is 10.2. The molecule has 0 atom stereocenters. The van der Waals surface area contributed by atoms with E-state index in [1.54, 1.807) is 31.4 Å². The van der Waals surface area contributed by atoms with Crippen LogP contribution in [-0.4, -0.2) is 39.8 Å². The number of carbonyl (C=O) groups excluding carboxylic acids is 1. The molecule has 0 aliphatic carbocycles. The van der Waals surface area contributed by atoms with Gasteiger partial charge in [-0.2, -0.15) is 0 Å². The molecule has 0 saturated carbocycles. The zero-order chi connectivity index (χ0) is 17.2. The lowest BCUT2D eigenvalue weighted by Gasteiger charge is -2.11. The average Bonchev–Trinajstić information content (AvgIpc) is 2.62. The van der Waals surface area contributed by atoms with Crippen molar-refractivity contribution in [3.05, 3.63) is 53.6 Å². The maximum absolute atomic E-state index is 10.6. The van der Waals surface area contributed by atoms with E-state index in [1.807, 2.05) is 25.1 Å². The van der Waals surface area contributed by atoms with Crippen molar-refractivity contribution in [1.29, 1.82) is 0 Å². The van der Waals surface area contributed by atoms with Gasteiger partial charge < -0.3 is 18.9 Å².